The lowest BCUT2D eigenvalue weighted by atomic mass is 10.1. The summed E-state index contributed by atoms with van der Waals surface area (Å²) < 4.78 is 4.55. The maximum Gasteiger partial charge on any atom is 0.170 e. The van der Waals surface area contributed by atoms with E-state index in [2.05, 4.69) is 59.8 Å². The van der Waals surface area contributed by atoms with Crippen LogP contribution in [0.3, 0.4) is 0 Å². The highest BCUT2D eigenvalue weighted by molar-refractivity contribution is 9.11. The van der Waals surface area contributed by atoms with Gasteiger partial charge in [-0.1, -0.05) is 38.8 Å². The van der Waals surface area contributed by atoms with Gasteiger partial charge in [0.05, 0.1) is 22.3 Å². The topological polar surface area (TPSA) is 34.9 Å². The van der Waals surface area contributed by atoms with Gasteiger partial charge in [0, 0.05) is 21.1 Å². The van der Waals surface area contributed by atoms with Gasteiger partial charge in [0.25, 0.3) is 0 Å². The van der Waals surface area contributed by atoms with Crippen LogP contribution in [0.25, 0.3) is 0 Å². The molecule has 0 aliphatic carbocycles. The molecule has 0 unspecified atom stereocenters. The number of hydrogen-bond donors (Lipinski definition) is 0. The fourth-order valence-electron chi connectivity index (χ4n) is 2.14. The van der Waals surface area contributed by atoms with E-state index in [1.165, 1.54) is 0 Å². The number of carbonyl (C=O) groups is 1. The maximum atomic E-state index is 12.6. The summed E-state index contributed by atoms with van der Waals surface area (Å²) in [5.41, 5.74) is 2.61. The third-order valence-corrected chi connectivity index (χ3v) is 5.35. The summed E-state index contributed by atoms with van der Waals surface area (Å²) in [5.74, 6) is 0.0705. The molecule has 0 fully saturated rings. The van der Waals surface area contributed by atoms with Gasteiger partial charge in [0.2, 0.25) is 0 Å². The van der Waals surface area contributed by atoms with Gasteiger partial charge in [-0.05, 0) is 47.5 Å². The van der Waals surface area contributed by atoms with E-state index in [1.807, 2.05) is 29.8 Å². The normalized spacial score (nSPS) is 10.9. The number of rotatable bonds is 5. The van der Waals surface area contributed by atoms with Gasteiger partial charge in [-0.2, -0.15) is 5.10 Å². The van der Waals surface area contributed by atoms with Crippen molar-refractivity contribution in [3.8, 4) is 0 Å². The lowest BCUT2D eigenvalue weighted by Crippen LogP contribution is -2.10. The van der Waals surface area contributed by atoms with Gasteiger partial charge in [-0.25, -0.2) is 0 Å². The quantitative estimate of drug-likeness (QED) is 0.555. The highest BCUT2D eigenvalue weighted by Gasteiger charge is 2.19. The molecule has 0 aliphatic rings. The second-order valence-corrected chi connectivity index (χ2v) is 7.16. The lowest BCUT2D eigenvalue weighted by Gasteiger charge is -2.07. The Morgan fingerprint density at radius 3 is 2.57 bits per heavy atom. The van der Waals surface area contributed by atoms with Crippen molar-refractivity contribution in [1.82, 2.24) is 9.78 Å². The maximum absolute atomic E-state index is 12.6. The Morgan fingerprint density at radius 2 is 1.95 bits per heavy atom. The number of aromatic nitrogens is 2. The van der Waals surface area contributed by atoms with E-state index in [0.29, 0.717) is 12.0 Å². The van der Waals surface area contributed by atoms with E-state index >= 15 is 0 Å². The van der Waals surface area contributed by atoms with E-state index in [9.17, 15) is 4.79 Å². The molecule has 1 heterocycles. The summed E-state index contributed by atoms with van der Waals surface area (Å²) in [6.45, 7) is 4.84. The molecular formula is C15H15Br3N2O. The van der Waals surface area contributed by atoms with Crippen LogP contribution in [0.1, 0.15) is 35.6 Å². The molecule has 1 aromatic carbocycles. The second kappa shape index (κ2) is 7.20. The summed E-state index contributed by atoms with van der Waals surface area (Å²) in [7, 11) is 0. The van der Waals surface area contributed by atoms with E-state index in [1.54, 1.807) is 0 Å². The van der Waals surface area contributed by atoms with Crippen molar-refractivity contribution in [2.45, 2.75) is 33.2 Å². The molecule has 0 radical (unpaired) electrons. The average Bonchev–Trinajstić information content (AvgIpc) is 2.77. The molecule has 0 amide bonds. The van der Waals surface area contributed by atoms with Gasteiger partial charge >= 0.3 is 0 Å². The standard InChI is InChI=1S/C15H15Br3N2O/c1-3-12-15(18)13(20(4-2)19-12)8-14(21)10-7-9(16)5-6-11(10)17/h5-7H,3-4,8H2,1-2H3. The van der Waals surface area contributed by atoms with Crippen molar-refractivity contribution in [3.05, 3.63) is 48.6 Å². The molecule has 0 aliphatic heterocycles. The number of hydrogen-bond acceptors (Lipinski definition) is 2. The number of aryl methyl sites for hydroxylation is 2. The lowest BCUT2D eigenvalue weighted by molar-refractivity contribution is 0.0989. The Kier molecular flexibility index (Phi) is 5.80. The molecule has 0 saturated carbocycles. The fourth-order valence-corrected chi connectivity index (χ4v) is 3.68. The average molecular weight is 479 g/mol. The predicted molar refractivity (Wildman–Crippen MR) is 94.9 cm³/mol. The summed E-state index contributed by atoms with van der Waals surface area (Å²) in [6, 6.07) is 5.62. The van der Waals surface area contributed by atoms with Crippen LogP contribution < -0.4 is 0 Å². The van der Waals surface area contributed by atoms with Crippen LogP contribution in [0, 0.1) is 0 Å². The van der Waals surface area contributed by atoms with Crippen molar-refractivity contribution < 1.29 is 4.79 Å². The van der Waals surface area contributed by atoms with Crippen LogP contribution in [0.4, 0.5) is 0 Å². The molecule has 6 heteroatoms. The highest BCUT2D eigenvalue weighted by Crippen LogP contribution is 2.27. The van der Waals surface area contributed by atoms with Crippen LogP contribution in [0.5, 0.6) is 0 Å². The molecule has 0 N–H and O–H groups in total. The molecule has 0 atom stereocenters. The zero-order chi connectivity index (χ0) is 15.6. The Morgan fingerprint density at radius 1 is 1.24 bits per heavy atom. The first-order chi connectivity index (χ1) is 9.97. The fraction of sp³-hybridized carbons (Fsp3) is 0.333. The van der Waals surface area contributed by atoms with E-state index in [0.717, 1.165) is 37.8 Å². The second-order valence-electron chi connectivity index (χ2n) is 4.60. The van der Waals surface area contributed by atoms with Crippen molar-refractivity contribution in [3.63, 3.8) is 0 Å². The highest BCUT2D eigenvalue weighted by atomic mass is 79.9. The minimum absolute atomic E-state index is 0.0705. The summed E-state index contributed by atoms with van der Waals surface area (Å²) >= 11 is 10.4. The van der Waals surface area contributed by atoms with Gasteiger partial charge in [0.1, 0.15) is 0 Å². The minimum Gasteiger partial charge on any atom is -0.294 e. The van der Waals surface area contributed by atoms with Crippen LogP contribution in [0.15, 0.2) is 31.6 Å². The third kappa shape index (κ3) is 3.66. The number of nitrogens with zero attached hydrogens (tertiary/aromatic N) is 2. The largest absolute Gasteiger partial charge is 0.294 e. The molecule has 112 valence electrons. The first-order valence-corrected chi connectivity index (χ1v) is 9.08. The van der Waals surface area contributed by atoms with Crippen LogP contribution in [-0.2, 0) is 19.4 Å². The Balaban J connectivity index is 2.35. The smallest absolute Gasteiger partial charge is 0.170 e. The van der Waals surface area contributed by atoms with E-state index < -0.39 is 0 Å². The summed E-state index contributed by atoms with van der Waals surface area (Å²) in [4.78, 5) is 12.6. The van der Waals surface area contributed by atoms with Gasteiger partial charge in [-0.3, -0.25) is 9.48 Å². The van der Waals surface area contributed by atoms with Crippen molar-refractivity contribution in [1.29, 1.82) is 0 Å². The minimum atomic E-state index is 0.0705. The molecule has 3 nitrogen and oxygen atoms in total. The van der Waals surface area contributed by atoms with Crippen molar-refractivity contribution >= 4 is 53.6 Å². The van der Waals surface area contributed by atoms with Gasteiger partial charge in [0.15, 0.2) is 5.78 Å². The van der Waals surface area contributed by atoms with Crippen LogP contribution in [0.2, 0.25) is 0 Å². The van der Waals surface area contributed by atoms with Crippen LogP contribution in [-0.4, -0.2) is 15.6 Å². The van der Waals surface area contributed by atoms with Crippen molar-refractivity contribution in [2.75, 3.05) is 0 Å². The molecule has 2 rings (SSSR count). The van der Waals surface area contributed by atoms with Crippen LogP contribution >= 0.6 is 47.8 Å². The van der Waals surface area contributed by atoms with Gasteiger partial charge in [-0.15, -0.1) is 0 Å². The molecule has 0 spiro atoms. The van der Waals surface area contributed by atoms with E-state index in [4.69, 9.17) is 0 Å². The first-order valence-electron chi connectivity index (χ1n) is 6.70. The first kappa shape index (κ1) is 16.9. The molecule has 0 bridgehead atoms. The number of halogens is 3. The molecule has 0 saturated heterocycles. The molecular weight excluding hydrogens is 464 g/mol. The summed E-state index contributed by atoms with van der Waals surface area (Å²) in [6.07, 6.45) is 1.17. The Bertz CT molecular complexity index is 680. The Labute approximate surface area is 149 Å². The molecule has 2 aromatic rings. The third-order valence-electron chi connectivity index (χ3n) is 3.25. The number of ketones is 1. The Hall–Kier alpha value is -0.460. The van der Waals surface area contributed by atoms with Crippen molar-refractivity contribution in [2.24, 2.45) is 0 Å². The SMILES string of the molecule is CCc1nn(CC)c(CC(=O)c2cc(Br)ccc2Br)c1Br. The number of benzene rings is 1. The summed E-state index contributed by atoms with van der Waals surface area (Å²) in [5, 5.41) is 4.53. The van der Waals surface area contributed by atoms with E-state index in [-0.39, 0.29) is 5.78 Å². The number of Topliss-reactive ketones (excluding diaryl/α,β-unsaturated/α-hetero) is 1. The zero-order valence-electron chi connectivity index (χ0n) is 11.8. The molecule has 1 aromatic heterocycles. The zero-order valence-corrected chi connectivity index (χ0v) is 16.5. The van der Waals surface area contributed by atoms with Gasteiger partial charge < -0.3 is 0 Å². The predicted octanol–water partition coefficient (Wildman–Crippen LogP) is 5.18. The number of carbonyl (C=O) groups excluding carboxylic acids is 1. The monoisotopic (exact) mass is 476 g/mol. The molecule has 21 heavy (non-hydrogen) atoms.